The molecule has 0 aromatic heterocycles. The summed E-state index contributed by atoms with van der Waals surface area (Å²) in [6, 6.07) is 0. The molecule has 0 aromatic rings. The predicted molar refractivity (Wildman–Crippen MR) is 67.0 cm³/mol. The maximum Gasteiger partial charge on any atom is 0.466 e. The molecular weight excluding hydrogens is 302 g/mol. The molecule has 9 nitrogen and oxygen atoms in total. The van der Waals surface area contributed by atoms with E-state index >= 15 is 0 Å². The fourth-order valence-corrected chi connectivity index (χ4v) is 1.02. The zero-order valence-electron chi connectivity index (χ0n) is 10.8. The molecule has 11 heteroatoms. The summed E-state index contributed by atoms with van der Waals surface area (Å²) in [5, 5.41) is 0. The SMILES string of the molecule is CCCCCC1(C)CO1.O=P(O)(O)O.O=P(O)(O)O. The highest BCUT2D eigenvalue weighted by atomic mass is 31.2. The lowest BCUT2D eigenvalue weighted by Gasteiger charge is -2.01. The van der Waals surface area contributed by atoms with Crippen LogP contribution in [0.25, 0.3) is 0 Å². The molecule has 1 fully saturated rings. The van der Waals surface area contributed by atoms with Crippen LogP contribution in [-0.4, -0.2) is 41.6 Å². The van der Waals surface area contributed by atoms with Crippen LogP contribution in [0.1, 0.15) is 39.5 Å². The molecule has 0 bridgehead atoms. The van der Waals surface area contributed by atoms with Crippen molar-refractivity contribution < 1.29 is 43.2 Å². The van der Waals surface area contributed by atoms with E-state index in [9.17, 15) is 0 Å². The quantitative estimate of drug-likeness (QED) is 0.245. The summed E-state index contributed by atoms with van der Waals surface area (Å²) in [6.45, 7) is 5.43. The van der Waals surface area contributed by atoms with Gasteiger partial charge in [0.25, 0.3) is 0 Å². The van der Waals surface area contributed by atoms with Gasteiger partial charge in [-0.25, -0.2) is 9.13 Å². The standard InChI is InChI=1S/C8H16O.2H3O4P/c1-3-4-5-6-8(2)7-9-8;2*1-5(2,3)4/h3-7H2,1-2H3;2*(H3,1,2,3,4). The van der Waals surface area contributed by atoms with Gasteiger partial charge in [-0.05, 0) is 13.3 Å². The topological polar surface area (TPSA) is 168 Å². The molecule has 0 amide bonds. The molecule has 19 heavy (non-hydrogen) atoms. The molecule has 1 aliphatic rings. The van der Waals surface area contributed by atoms with Crippen molar-refractivity contribution in [2.75, 3.05) is 6.61 Å². The summed E-state index contributed by atoms with van der Waals surface area (Å²) < 4.78 is 23.0. The van der Waals surface area contributed by atoms with E-state index in [0.717, 1.165) is 6.61 Å². The molecule has 1 heterocycles. The maximum absolute atomic E-state index is 8.88. The summed E-state index contributed by atoms with van der Waals surface area (Å²) >= 11 is 0. The number of phosphoric acid groups is 2. The van der Waals surface area contributed by atoms with Crippen LogP contribution in [0.3, 0.4) is 0 Å². The van der Waals surface area contributed by atoms with Crippen LogP contribution < -0.4 is 0 Å². The highest BCUT2D eigenvalue weighted by Gasteiger charge is 2.37. The third-order valence-electron chi connectivity index (χ3n) is 1.95. The molecule has 0 saturated carbocycles. The lowest BCUT2D eigenvalue weighted by Crippen LogP contribution is -2.02. The van der Waals surface area contributed by atoms with E-state index in [1.807, 2.05) is 0 Å². The lowest BCUT2D eigenvalue weighted by molar-refractivity contribution is 0.272. The molecule has 1 aliphatic heterocycles. The van der Waals surface area contributed by atoms with Crippen molar-refractivity contribution >= 4 is 15.6 Å². The number of rotatable bonds is 4. The van der Waals surface area contributed by atoms with E-state index in [0.29, 0.717) is 5.60 Å². The van der Waals surface area contributed by atoms with Crippen LogP contribution in [0.2, 0.25) is 0 Å². The Morgan fingerprint density at radius 1 is 1.00 bits per heavy atom. The van der Waals surface area contributed by atoms with Crippen molar-refractivity contribution in [3.63, 3.8) is 0 Å². The Kier molecular flexibility index (Phi) is 10.4. The minimum atomic E-state index is -4.64. The van der Waals surface area contributed by atoms with Crippen molar-refractivity contribution in [2.24, 2.45) is 0 Å². The van der Waals surface area contributed by atoms with Gasteiger partial charge in [-0.3, -0.25) is 0 Å². The summed E-state index contributed by atoms with van der Waals surface area (Å²) in [7, 11) is -9.28. The van der Waals surface area contributed by atoms with Crippen molar-refractivity contribution in [3.8, 4) is 0 Å². The summed E-state index contributed by atoms with van der Waals surface area (Å²) in [6.07, 6.45) is 5.28. The average Bonchev–Trinajstić information content (AvgIpc) is 2.78. The number of ether oxygens (including phenoxy) is 1. The van der Waals surface area contributed by atoms with Gasteiger partial charge in [0.1, 0.15) is 0 Å². The zero-order chi connectivity index (χ0) is 15.7. The Bertz CT molecular complexity index is 280. The fourth-order valence-electron chi connectivity index (χ4n) is 1.02. The predicted octanol–water partition coefficient (Wildman–Crippen LogP) is 0.498. The molecule has 0 aliphatic carbocycles. The summed E-state index contributed by atoms with van der Waals surface area (Å²) in [4.78, 5) is 43.1. The Morgan fingerprint density at radius 3 is 1.53 bits per heavy atom. The second kappa shape index (κ2) is 9.18. The molecule has 0 aromatic carbocycles. The molecule has 6 N–H and O–H groups in total. The minimum Gasteiger partial charge on any atom is -0.370 e. The van der Waals surface area contributed by atoms with E-state index < -0.39 is 15.6 Å². The molecule has 0 spiro atoms. The van der Waals surface area contributed by atoms with Crippen LogP contribution in [0.4, 0.5) is 0 Å². The highest BCUT2D eigenvalue weighted by molar-refractivity contribution is 7.45. The second-order valence-electron chi connectivity index (χ2n) is 4.22. The Hall–Kier alpha value is 0.180. The van der Waals surface area contributed by atoms with Crippen LogP contribution in [-0.2, 0) is 13.9 Å². The number of hydrogen-bond acceptors (Lipinski definition) is 3. The zero-order valence-corrected chi connectivity index (χ0v) is 12.6. The van der Waals surface area contributed by atoms with Gasteiger partial charge in [0, 0.05) is 0 Å². The van der Waals surface area contributed by atoms with E-state index in [1.54, 1.807) is 0 Å². The number of unbranched alkanes of at least 4 members (excludes halogenated alkanes) is 2. The minimum absolute atomic E-state index is 0.301. The smallest absolute Gasteiger partial charge is 0.370 e. The maximum atomic E-state index is 8.88. The molecule has 1 rings (SSSR count). The molecule has 1 saturated heterocycles. The van der Waals surface area contributed by atoms with E-state index in [-0.39, 0.29) is 0 Å². The molecule has 118 valence electrons. The Balaban J connectivity index is 0. The number of epoxide rings is 1. The molecule has 1 atom stereocenters. The van der Waals surface area contributed by atoms with Gasteiger partial charge in [0.15, 0.2) is 0 Å². The van der Waals surface area contributed by atoms with Gasteiger partial charge in [0.2, 0.25) is 0 Å². The third-order valence-corrected chi connectivity index (χ3v) is 1.95. The Labute approximate surface area is 111 Å². The van der Waals surface area contributed by atoms with Crippen molar-refractivity contribution in [1.29, 1.82) is 0 Å². The van der Waals surface area contributed by atoms with Crippen LogP contribution in [0.15, 0.2) is 0 Å². The molecule has 1 unspecified atom stereocenters. The monoisotopic (exact) mass is 324 g/mol. The average molecular weight is 324 g/mol. The largest absolute Gasteiger partial charge is 0.466 e. The third kappa shape index (κ3) is 38.1. The van der Waals surface area contributed by atoms with Crippen molar-refractivity contribution in [3.05, 3.63) is 0 Å². The van der Waals surface area contributed by atoms with Gasteiger partial charge in [0.05, 0.1) is 12.2 Å². The molecular formula is C8H22O9P2. The number of hydrogen-bond donors (Lipinski definition) is 6. The van der Waals surface area contributed by atoms with Gasteiger partial charge in [-0.15, -0.1) is 0 Å². The first-order chi connectivity index (χ1) is 8.27. The van der Waals surface area contributed by atoms with Gasteiger partial charge < -0.3 is 34.1 Å². The van der Waals surface area contributed by atoms with Crippen LogP contribution in [0.5, 0.6) is 0 Å². The first kappa shape index (κ1) is 21.5. The van der Waals surface area contributed by atoms with E-state index in [1.165, 1.54) is 25.7 Å². The van der Waals surface area contributed by atoms with E-state index in [4.69, 9.17) is 43.2 Å². The Morgan fingerprint density at radius 2 is 1.32 bits per heavy atom. The van der Waals surface area contributed by atoms with Gasteiger partial charge in [-0.2, -0.15) is 0 Å². The first-order valence-corrected chi connectivity index (χ1v) is 8.60. The lowest BCUT2D eigenvalue weighted by atomic mass is 10.0. The van der Waals surface area contributed by atoms with Crippen molar-refractivity contribution in [1.82, 2.24) is 0 Å². The first-order valence-electron chi connectivity index (χ1n) is 5.47. The summed E-state index contributed by atoms with van der Waals surface area (Å²) in [5.74, 6) is 0. The summed E-state index contributed by atoms with van der Waals surface area (Å²) in [5.41, 5.74) is 0.301. The second-order valence-corrected chi connectivity index (χ2v) is 6.28. The fraction of sp³-hybridized carbons (Fsp3) is 1.00. The van der Waals surface area contributed by atoms with Crippen LogP contribution >= 0.6 is 15.6 Å². The van der Waals surface area contributed by atoms with Crippen molar-refractivity contribution in [2.45, 2.75) is 45.1 Å². The van der Waals surface area contributed by atoms with Crippen LogP contribution in [0, 0.1) is 0 Å². The van der Waals surface area contributed by atoms with Gasteiger partial charge >= 0.3 is 15.6 Å². The molecule has 0 radical (unpaired) electrons. The van der Waals surface area contributed by atoms with Gasteiger partial charge in [-0.1, -0.05) is 26.2 Å². The normalized spacial score (nSPS) is 21.7. The van der Waals surface area contributed by atoms with E-state index in [2.05, 4.69) is 13.8 Å². The highest BCUT2D eigenvalue weighted by Crippen LogP contribution is 2.31.